The van der Waals surface area contributed by atoms with Gasteiger partial charge in [-0.05, 0) is 29.0 Å². The highest BCUT2D eigenvalue weighted by molar-refractivity contribution is 6.31. The number of rotatable bonds is 0. The topological polar surface area (TPSA) is 26.0 Å². The van der Waals surface area contributed by atoms with E-state index in [0.29, 0.717) is 0 Å². The average Bonchev–Trinajstić information content (AvgIpc) is 3.06. The maximum atomic E-state index is 6.29. The van der Waals surface area contributed by atoms with E-state index < -0.39 is 0 Å². The van der Waals surface area contributed by atoms with Crippen LogP contribution >= 0.6 is 0 Å². The van der Waals surface area contributed by atoms with Gasteiger partial charge in [0.1, 0.15) is 11.2 Å². The van der Waals surface area contributed by atoms with Crippen molar-refractivity contribution in [3.05, 3.63) is 79.0 Å². The third kappa shape index (κ3) is 1.61. The molecule has 2 nitrogen and oxygen atoms in total. The fraction of sp³-hybridized carbons (Fsp3) is 0. The molecule has 0 aliphatic rings. The molecule has 0 bridgehead atoms. The van der Waals surface area contributed by atoms with Crippen molar-refractivity contribution in [2.45, 2.75) is 0 Å². The Bertz CT molecular complexity index is 1410. The summed E-state index contributed by atoms with van der Waals surface area (Å²) in [6.07, 6.45) is 1.86. The highest BCUT2D eigenvalue weighted by Gasteiger charge is 2.15. The molecule has 0 amide bonds. The molecule has 0 unspecified atom stereocenters. The van der Waals surface area contributed by atoms with E-state index in [0.717, 1.165) is 38.2 Å². The predicted octanol–water partition coefficient (Wildman–Crippen LogP) is 6.44. The van der Waals surface area contributed by atoms with Gasteiger partial charge in [-0.3, -0.25) is 4.98 Å². The number of hydrogen-bond acceptors (Lipinski definition) is 2. The molecule has 0 N–H and O–H groups in total. The molecule has 4 aromatic carbocycles. The minimum absolute atomic E-state index is 0.926. The second-order valence-electron chi connectivity index (χ2n) is 6.41. The average molecular weight is 319 g/mol. The van der Waals surface area contributed by atoms with E-state index in [4.69, 9.17) is 4.42 Å². The van der Waals surface area contributed by atoms with Crippen molar-refractivity contribution < 1.29 is 4.42 Å². The van der Waals surface area contributed by atoms with Gasteiger partial charge in [0.25, 0.3) is 0 Å². The lowest BCUT2D eigenvalue weighted by molar-refractivity contribution is 0.673. The van der Waals surface area contributed by atoms with E-state index in [1.165, 1.54) is 16.2 Å². The van der Waals surface area contributed by atoms with Crippen molar-refractivity contribution in [1.29, 1.82) is 0 Å². The first kappa shape index (κ1) is 13.0. The van der Waals surface area contributed by atoms with Gasteiger partial charge in [0.15, 0.2) is 0 Å². The van der Waals surface area contributed by atoms with Crippen LogP contribution in [0.5, 0.6) is 0 Å². The number of benzene rings is 4. The molecule has 0 saturated carbocycles. The summed E-state index contributed by atoms with van der Waals surface area (Å²) in [6.45, 7) is 0. The first-order valence-electron chi connectivity index (χ1n) is 8.41. The second-order valence-corrected chi connectivity index (χ2v) is 6.41. The number of furan rings is 1. The standard InChI is InChI=1S/C23H13NO/c1-2-8-16-14(6-1)17-9-5-13-24-22(17)19-12-11-18-15-7-3-4-10-20(15)25-23(18)21(16)19/h1-13H. The number of pyridine rings is 1. The Kier molecular flexibility index (Phi) is 2.37. The third-order valence-electron chi connectivity index (χ3n) is 5.10. The third-order valence-corrected chi connectivity index (χ3v) is 5.10. The van der Waals surface area contributed by atoms with Gasteiger partial charge in [-0.2, -0.15) is 0 Å². The SMILES string of the molecule is c1ccc2c(c1)oc1c2ccc2c3ncccc3c3ccccc3c21. The number of hydrogen-bond donors (Lipinski definition) is 0. The Balaban J connectivity index is 2.02. The van der Waals surface area contributed by atoms with Crippen molar-refractivity contribution in [2.75, 3.05) is 0 Å². The lowest BCUT2D eigenvalue weighted by Crippen LogP contribution is -1.85. The van der Waals surface area contributed by atoms with Crippen molar-refractivity contribution in [3.8, 4) is 0 Å². The number of aromatic nitrogens is 1. The smallest absolute Gasteiger partial charge is 0.143 e. The molecule has 0 fully saturated rings. The van der Waals surface area contributed by atoms with Gasteiger partial charge >= 0.3 is 0 Å². The Morgan fingerprint density at radius 3 is 2.20 bits per heavy atom. The Labute approximate surface area is 143 Å². The zero-order valence-corrected chi connectivity index (χ0v) is 13.4. The van der Waals surface area contributed by atoms with E-state index in [2.05, 4.69) is 59.6 Å². The van der Waals surface area contributed by atoms with E-state index in [-0.39, 0.29) is 0 Å². The van der Waals surface area contributed by atoms with E-state index >= 15 is 0 Å². The summed E-state index contributed by atoms with van der Waals surface area (Å²) in [6, 6.07) is 25.2. The van der Waals surface area contributed by atoms with E-state index in [1.54, 1.807) is 0 Å². The first-order valence-corrected chi connectivity index (χ1v) is 8.41. The molecule has 6 rings (SSSR count). The maximum Gasteiger partial charge on any atom is 0.143 e. The quantitative estimate of drug-likeness (QED) is 0.301. The van der Waals surface area contributed by atoms with Gasteiger partial charge in [-0.15, -0.1) is 0 Å². The minimum Gasteiger partial charge on any atom is -0.455 e. The van der Waals surface area contributed by atoms with Crippen LogP contribution in [-0.2, 0) is 0 Å². The molecule has 6 aromatic rings. The van der Waals surface area contributed by atoms with Crippen molar-refractivity contribution in [2.24, 2.45) is 0 Å². The maximum absolute atomic E-state index is 6.29. The molecule has 2 heterocycles. The van der Waals surface area contributed by atoms with Crippen LogP contribution < -0.4 is 0 Å². The highest BCUT2D eigenvalue weighted by Crippen LogP contribution is 2.40. The molecule has 0 spiro atoms. The van der Waals surface area contributed by atoms with Gasteiger partial charge in [0, 0.05) is 33.1 Å². The number of para-hydroxylation sites is 1. The number of fused-ring (bicyclic) bond motifs is 10. The minimum atomic E-state index is 0.926. The lowest BCUT2D eigenvalue weighted by atomic mass is 9.95. The normalized spacial score (nSPS) is 12.0. The van der Waals surface area contributed by atoms with Gasteiger partial charge in [0.05, 0.1) is 5.52 Å². The molecule has 116 valence electrons. The zero-order chi connectivity index (χ0) is 16.4. The molecule has 0 saturated heterocycles. The summed E-state index contributed by atoms with van der Waals surface area (Å²) < 4.78 is 6.29. The molecule has 0 aliphatic heterocycles. The molecular weight excluding hydrogens is 306 g/mol. The van der Waals surface area contributed by atoms with Gasteiger partial charge in [-0.25, -0.2) is 0 Å². The summed E-state index contributed by atoms with van der Waals surface area (Å²) in [5.41, 5.74) is 2.90. The molecule has 25 heavy (non-hydrogen) atoms. The fourth-order valence-corrected chi connectivity index (χ4v) is 4.03. The van der Waals surface area contributed by atoms with Crippen molar-refractivity contribution in [3.63, 3.8) is 0 Å². The Morgan fingerprint density at radius 2 is 1.28 bits per heavy atom. The van der Waals surface area contributed by atoms with Crippen LogP contribution in [-0.4, -0.2) is 4.98 Å². The lowest BCUT2D eigenvalue weighted by Gasteiger charge is -2.09. The fourth-order valence-electron chi connectivity index (χ4n) is 4.03. The van der Waals surface area contributed by atoms with Crippen molar-refractivity contribution in [1.82, 2.24) is 4.98 Å². The Morgan fingerprint density at radius 1 is 0.560 bits per heavy atom. The number of nitrogens with zero attached hydrogens (tertiary/aromatic N) is 1. The van der Waals surface area contributed by atoms with E-state index in [9.17, 15) is 0 Å². The van der Waals surface area contributed by atoms with Crippen molar-refractivity contribution >= 4 is 54.4 Å². The molecule has 2 aromatic heterocycles. The first-order chi connectivity index (χ1) is 12.4. The zero-order valence-electron chi connectivity index (χ0n) is 13.4. The molecule has 0 radical (unpaired) electrons. The van der Waals surface area contributed by atoms with Crippen LogP contribution in [0.2, 0.25) is 0 Å². The van der Waals surface area contributed by atoms with Crippen LogP contribution in [0.15, 0.2) is 83.4 Å². The summed E-state index contributed by atoms with van der Waals surface area (Å²) in [7, 11) is 0. The summed E-state index contributed by atoms with van der Waals surface area (Å²) in [5, 5.41) is 8.21. The van der Waals surface area contributed by atoms with Crippen LogP contribution in [0.3, 0.4) is 0 Å². The highest BCUT2D eigenvalue weighted by atomic mass is 16.3. The van der Waals surface area contributed by atoms with Gasteiger partial charge in [-0.1, -0.05) is 54.6 Å². The molecular formula is C23H13NO. The van der Waals surface area contributed by atoms with Crippen LogP contribution in [0.4, 0.5) is 0 Å². The Hall–Kier alpha value is -3.39. The summed E-state index contributed by atoms with van der Waals surface area (Å²) in [4.78, 5) is 4.68. The van der Waals surface area contributed by atoms with Crippen LogP contribution in [0.1, 0.15) is 0 Å². The van der Waals surface area contributed by atoms with Crippen LogP contribution in [0, 0.1) is 0 Å². The largest absolute Gasteiger partial charge is 0.455 e. The molecule has 2 heteroatoms. The molecule has 0 aliphatic carbocycles. The van der Waals surface area contributed by atoms with Gasteiger partial charge < -0.3 is 4.42 Å². The summed E-state index contributed by atoms with van der Waals surface area (Å²) in [5.74, 6) is 0. The van der Waals surface area contributed by atoms with Crippen LogP contribution in [0.25, 0.3) is 54.4 Å². The van der Waals surface area contributed by atoms with Gasteiger partial charge in [0.2, 0.25) is 0 Å². The molecule has 0 atom stereocenters. The monoisotopic (exact) mass is 319 g/mol. The second kappa shape index (κ2) is 4.58. The van der Waals surface area contributed by atoms with E-state index in [1.807, 2.05) is 24.4 Å². The predicted molar refractivity (Wildman–Crippen MR) is 104 cm³/mol. The summed E-state index contributed by atoms with van der Waals surface area (Å²) >= 11 is 0.